The second-order valence-corrected chi connectivity index (χ2v) is 8.20. The van der Waals surface area contributed by atoms with Gasteiger partial charge >= 0.3 is 0 Å². The Morgan fingerprint density at radius 2 is 1.75 bits per heavy atom. The third-order valence-corrected chi connectivity index (χ3v) is 5.99. The zero-order chi connectivity index (χ0) is 16.9. The van der Waals surface area contributed by atoms with Crippen molar-refractivity contribution in [3.05, 3.63) is 0 Å². The van der Waals surface area contributed by atoms with Gasteiger partial charge < -0.3 is 15.4 Å². The molecule has 0 radical (unpaired) electrons. The quantitative estimate of drug-likeness (QED) is 0.777. The third-order valence-electron chi connectivity index (χ3n) is 5.99. The van der Waals surface area contributed by atoms with Gasteiger partial charge in [-0.05, 0) is 38.0 Å². The summed E-state index contributed by atoms with van der Waals surface area (Å²) in [6, 6.07) is 1.42. The number of amides is 1. The van der Waals surface area contributed by atoms with Crippen LogP contribution in [0.15, 0.2) is 0 Å². The molecule has 24 heavy (non-hydrogen) atoms. The lowest BCUT2D eigenvalue weighted by Gasteiger charge is -2.31. The molecular formula is C19H35N3O2. The molecule has 0 bridgehead atoms. The number of rotatable bonds is 6. The van der Waals surface area contributed by atoms with E-state index in [2.05, 4.69) is 29.4 Å². The van der Waals surface area contributed by atoms with Crippen LogP contribution in [0.2, 0.25) is 0 Å². The van der Waals surface area contributed by atoms with Crippen molar-refractivity contribution in [1.82, 2.24) is 15.5 Å². The van der Waals surface area contributed by atoms with Gasteiger partial charge in [-0.2, -0.15) is 0 Å². The Bertz CT molecular complexity index is 403. The van der Waals surface area contributed by atoms with E-state index in [1.807, 2.05) is 0 Å². The maximum absolute atomic E-state index is 12.8. The lowest BCUT2D eigenvalue weighted by atomic mass is 9.99. The number of carbonyl (C=O) groups is 1. The van der Waals surface area contributed by atoms with Crippen LogP contribution in [0.4, 0.5) is 0 Å². The average Bonchev–Trinajstić information content (AvgIpc) is 3.24. The van der Waals surface area contributed by atoms with Crippen molar-refractivity contribution in [1.29, 1.82) is 0 Å². The number of likely N-dealkylation sites (tertiary alicyclic amines) is 1. The second kappa shape index (κ2) is 8.63. The monoisotopic (exact) mass is 337 g/mol. The van der Waals surface area contributed by atoms with Gasteiger partial charge in [-0.25, -0.2) is 0 Å². The molecule has 0 unspecified atom stereocenters. The normalized spacial score (nSPS) is 28.5. The molecule has 5 heteroatoms. The summed E-state index contributed by atoms with van der Waals surface area (Å²) < 4.78 is 5.42. The van der Waals surface area contributed by atoms with E-state index in [4.69, 9.17) is 4.74 Å². The number of hydrogen-bond donors (Lipinski definition) is 2. The molecule has 3 fully saturated rings. The summed E-state index contributed by atoms with van der Waals surface area (Å²) in [7, 11) is 0. The van der Waals surface area contributed by atoms with E-state index in [0.29, 0.717) is 18.0 Å². The number of ether oxygens (including phenoxy) is 1. The first-order valence-electron chi connectivity index (χ1n) is 10.0. The van der Waals surface area contributed by atoms with Crippen LogP contribution < -0.4 is 10.6 Å². The second-order valence-electron chi connectivity index (χ2n) is 8.20. The highest BCUT2D eigenvalue weighted by molar-refractivity contribution is 5.82. The Labute approximate surface area is 146 Å². The van der Waals surface area contributed by atoms with E-state index in [9.17, 15) is 4.79 Å². The molecule has 3 rings (SSSR count). The van der Waals surface area contributed by atoms with Crippen molar-refractivity contribution < 1.29 is 9.53 Å². The lowest BCUT2D eigenvalue weighted by molar-refractivity contribution is -0.125. The molecule has 2 heterocycles. The fourth-order valence-corrected chi connectivity index (χ4v) is 4.49. The summed E-state index contributed by atoms with van der Waals surface area (Å²) in [5.74, 6) is 0.495. The Balaban J connectivity index is 1.48. The van der Waals surface area contributed by atoms with Crippen molar-refractivity contribution in [2.75, 3.05) is 26.3 Å². The molecule has 0 spiro atoms. The van der Waals surface area contributed by atoms with Crippen LogP contribution in [0, 0.1) is 5.92 Å². The van der Waals surface area contributed by atoms with Crippen LogP contribution in [0.25, 0.3) is 0 Å². The minimum Gasteiger partial charge on any atom is -0.381 e. The highest BCUT2D eigenvalue weighted by Crippen LogP contribution is 2.26. The molecule has 3 aliphatic rings. The predicted molar refractivity (Wildman–Crippen MR) is 96.0 cm³/mol. The van der Waals surface area contributed by atoms with Gasteiger partial charge in [-0.3, -0.25) is 9.69 Å². The van der Waals surface area contributed by atoms with E-state index in [0.717, 1.165) is 51.6 Å². The molecular weight excluding hydrogens is 302 g/mol. The SMILES string of the molecule is CC(C)[C@H](NC1CCOCC1)C(=O)N[C@@H]1CCN(C2CCCC2)C1. The topological polar surface area (TPSA) is 53.6 Å². The summed E-state index contributed by atoms with van der Waals surface area (Å²) in [6.07, 6.45) is 8.57. The molecule has 2 aliphatic heterocycles. The minimum atomic E-state index is -0.0892. The van der Waals surface area contributed by atoms with Gasteiger partial charge in [0, 0.05) is 44.4 Å². The van der Waals surface area contributed by atoms with E-state index in [-0.39, 0.29) is 11.9 Å². The first-order chi connectivity index (χ1) is 11.6. The molecule has 0 aromatic carbocycles. The number of carbonyl (C=O) groups excluding carboxylic acids is 1. The third kappa shape index (κ3) is 4.70. The minimum absolute atomic E-state index is 0.0892. The number of nitrogens with zero attached hydrogens (tertiary/aromatic N) is 1. The fourth-order valence-electron chi connectivity index (χ4n) is 4.49. The number of nitrogens with one attached hydrogen (secondary N) is 2. The van der Waals surface area contributed by atoms with Crippen LogP contribution in [0.1, 0.15) is 58.8 Å². The van der Waals surface area contributed by atoms with Crippen LogP contribution in [-0.2, 0) is 9.53 Å². The molecule has 5 nitrogen and oxygen atoms in total. The Morgan fingerprint density at radius 1 is 1.04 bits per heavy atom. The van der Waals surface area contributed by atoms with Crippen molar-refractivity contribution in [2.45, 2.75) is 83.0 Å². The molecule has 1 aliphatic carbocycles. The summed E-state index contributed by atoms with van der Waals surface area (Å²) >= 11 is 0. The molecule has 2 atom stereocenters. The molecule has 1 saturated carbocycles. The predicted octanol–water partition coefficient (Wildman–Crippen LogP) is 1.91. The van der Waals surface area contributed by atoms with E-state index >= 15 is 0 Å². The first-order valence-corrected chi connectivity index (χ1v) is 10.0. The van der Waals surface area contributed by atoms with Crippen LogP contribution in [0.5, 0.6) is 0 Å². The maximum atomic E-state index is 12.8. The van der Waals surface area contributed by atoms with Gasteiger partial charge in [0.15, 0.2) is 0 Å². The largest absolute Gasteiger partial charge is 0.381 e. The van der Waals surface area contributed by atoms with Gasteiger partial charge in [-0.1, -0.05) is 26.7 Å². The summed E-state index contributed by atoms with van der Waals surface area (Å²) in [6.45, 7) is 8.08. The van der Waals surface area contributed by atoms with Gasteiger partial charge in [-0.15, -0.1) is 0 Å². The Hall–Kier alpha value is -0.650. The van der Waals surface area contributed by atoms with Gasteiger partial charge in [0.25, 0.3) is 0 Å². The molecule has 0 aromatic rings. The first kappa shape index (κ1) is 18.2. The zero-order valence-electron chi connectivity index (χ0n) is 15.4. The summed E-state index contributed by atoms with van der Waals surface area (Å²) in [5, 5.41) is 6.92. The maximum Gasteiger partial charge on any atom is 0.237 e. The highest BCUT2D eigenvalue weighted by atomic mass is 16.5. The molecule has 1 amide bonds. The van der Waals surface area contributed by atoms with Crippen molar-refractivity contribution >= 4 is 5.91 Å². The van der Waals surface area contributed by atoms with E-state index in [1.54, 1.807) is 0 Å². The fraction of sp³-hybridized carbons (Fsp3) is 0.947. The van der Waals surface area contributed by atoms with Crippen LogP contribution in [-0.4, -0.2) is 61.3 Å². The molecule has 2 saturated heterocycles. The van der Waals surface area contributed by atoms with Crippen molar-refractivity contribution in [3.8, 4) is 0 Å². The van der Waals surface area contributed by atoms with Crippen LogP contribution >= 0.6 is 0 Å². The van der Waals surface area contributed by atoms with Gasteiger partial charge in [0.05, 0.1) is 6.04 Å². The van der Waals surface area contributed by atoms with E-state index in [1.165, 1.54) is 25.7 Å². The lowest BCUT2D eigenvalue weighted by Crippen LogP contribution is -2.54. The highest BCUT2D eigenvalue weighted by Gasteiger charge is 2.33. The smallest absolute Gasteiger partial charge is 0.237 e. The Kier molecular flexibility index (Phi) is 6.53. The van der Waals surface area contributed by atoms with Crippen molar-refractivity contribution in [3.63, 3.8) is 0 Å². The average molecular weight is 338 g/mol. The molecule has 2 N–H and O–H groups in total. The Morgan fingerprint density at radius 3 is 2.42 bits per heavy atom. The molecule has 138 valence electrons. The zero-order valence-corrected chi connectivity index (χ0v) is 15.4. The van der Waals surface area contributed by atoms with Gasteiger partial charge in [0.2, 0.25) is 5.91 Å². The van der Waals surface area contributed by atoms with Crippen molar-refractivity contribution in [2.24, 2.45) is 5.92 Å². The number of hydrogen-bond acceptors (Lipinski definition) is 4. The standard InChI is InChI=1S/C19H35N3O2/c1-14(2)18(20-15-8-11-24-12-9-15)19(23)21-16-7-10-22(13-16)17-5-3-4-6-17/h14-18,20H,3-13H2,1-2H3,(H,21,23)/t16-,18+/m1/s1. The molecule has 0 aromatic heterocycles. The van der Waals surface area contributed by atoms with E-state index < -0.39 is 0 Å². The van der Waals surface area contributed by atoms with Gasteiger partial charge in [0.1, 0.15) is 0 Å². The summed E-state index contributed by atoms with van der Waals surface area (Å²) in [5.41, 5.74) is 0. The van der Waals surface area contributed by atoms with Crippen LogP contribution in [0.3, 0.4) is 0 Å². The summed E-state index contributed by atoms with van der Waals surface area (Å²) in [4.78, 5) is 15.4.